The first-order valence-electron chi connectivity index (χ1n) is 7.19. The fourth-order valence-corrected chi connectivity index (χ4v) is 3.88. The number of thiophene rings is 1. The van der Waals surface area contributed by atoms with E-state index in [9.17, 15) is 10.1 Å². The van der Waals surface area contributed by atoms with Crippen molar-refractivity contribution in [1.82, 2.24) is 5.32 Å². The van der Waals surface area contributed by atoms with Crippen molar-refractivity contribution in [2.24, 2.45) is 5.92 Å². The van der Waals surface area contributed by atoms with Crippen molar-refractivity contribution in [3.8, 4) is 6.07 Å². The number of carbonyl (C=O) groups is 1. The Morgan fingerprint density at radius 3 is 3.10 bits per heavy atom. The van der Waals surface area contributed by atoms with E-state index in [1.165, 1.54) is 4.88 Å². The Hall–Kier alpha value is -1.42. The molecule has 1 unspecified atom stereocenters. The van der Waals surface area contributed by atoms with Gasteiger partial charge in [0.2, 0.25) is 5.91 Å². The Balaban J connectivity index is 2.00. The van der Waals surface area contributed by atoms with Gasteiger partial charge in [-0.05, 0) is 30.7 Å². The molecular formula is C15H21N3O2S. The van der Waals surface area contributed by atoms with E-state index in [1.807, 2.05) is 0 Å². The number of hydrogen-bond acceptors (Lipinski definition) is 5. The van der Waals surface area contributed by atoms with Crippen LogP contribution in [0, 0.1) is 17.2 Å². The van der Waals surface area contributed by atoms with Gasteiger partial charge in [0.15, 0.2) is 0 Å². The highest BCUT2D eigenvalue weighted by Gasteiger charge is 2.24. The van der Waals surface area contributed by atoms with Crippen molar-refractivity contribution in [2.45, 2.75) is 26.2 Å². The molecule has 2 N–H and O–H groups in total. The second-order valence-corrected chi connectivity index (χ2v) is 6.49. The molecule has 1 aromatic rings. The predicted octanol–water partition coefficient (Wildman–Crippen LogP) is 1.92. The second-order valence-electron chi connectivity index (χ2n) is 5.39. The molecule has 21 heavy (non-hydrogen) atoms. The molecule has 1 heterocycles. The van der Waals surface area contributed by atoms with Crippen molar-refractivity contribution >= 4 is 22.2 Å². The van der Waals surface area contributed by atoms with E-state index >= 15 is 0 Å². The summed E-state index contributed by atoms with van der Waals surface area (Å²) in [6, 6.07) is 2.26. The van der Waals surface area contributed by atoms with Gasteiger partial charge in [0, 0.05) is 18.5 Å². The largest absolute Gasteiger partial charge is 0.383 e. The first-order valence-corrected chi connectivity index (χ1v) is 8.01. The molecule has 0 fully saturated rings. The molecule has 0 bridgehead atoms. The average molecular weight is 307 g/mol. The van der Waals surface area contributed by atoms with Gasteiger partial charge in [-0.3, -0.25) is 4.79 Å². The van der Waals surface area contributed by atoms with E-state index in [0.717, 1.165) is 24.8 Å². The molecule has 1 aliphatic carbocycles. The summed E-state index contributed by atoms with van der Waals surface area (Å²) in [6.45, 7) is 3.66. The van der Waals surface area contributed by atoms with Crippen LogP contribution in [0.15, 0.2) is 0 Å². The lowest BCUT2D eigenvalue weighted by Crippen LogP contribution is -2.30. The van der Waals surface area contributed by atoms with Gasteiger partial charge < -0.3 is 15.4 Å². The Kier molecular flexibility index (Phi) is 5.74. The number of methoxy groups -OCH3 is 1. The lowest BCUT2D eigenvalue weighted by Gasteiger charge is -2.17. The first kappa shape index (κ1) is 16.0. The topological polar surface area (TPSA) is 74.2 Å². The Bertz CT molecular complexity index is 548. The third-order valence-electron chi connectivity index (χ3n) is 3.64. The van der Waals surface area contributed by atoms with Gasteiger partial charge in [-0.15, -0.1) is 11.3 Å². The molecule has 0 saturated carbocycles. The SMILES string of the molecule is COCCNCC(=O)Nc1sc2c(c1C#N)CCC(C)C2. The Morgan fingerprint density at radius 2 is 2.38 bits per heavy atom. The summed E-state index contributed by atoms with van der Waals surface area (Å²) in [6.07, 6.45) is 3.07. The molecule has 5 nitrogen and oxygen atoms in total. The van der Waals surface area contributed by atoms with Crippen molar-refractivity contribution in [2.75, 3.05) is 32.1 Å². The van der Waals surface area contributed by atoms with Gasteiger partial charge in [-0.1, -0.05) is 6.92 Å². The number of anilines is 1. The third-order valence-corrected chi connectivity index (χ3v) is 4.81. The van der Waals surface area contributed by atoms with E-state index in [4.69, 9.17) is 4.74 Å². The first-order chi connectivity index (χ1) is 10.2. The maximum Gasteiger partial charge on any atom is 0.238 e. The van der Waals surface area contributed by atoms with E-state index in [-0.39, 0.29) is 12.5 Å². The maximum absolute atomic E-state index is 11.9. The van der Waals surface area contributed by atoms with Gasteiger partial charge in [-0.25, -0.2) is 0 Å². The summed E-state index contributed by atoms with van der Waals surface area (Å²) in [5.74, 6) is 0.538. The van der Waals surface area contributed by atoms with Crippen LogP contribution in [0.25, 0.3) is 0 Å². The molecule has 0 spiro atoms. The number of ether oxygens (including phenoxy) is 1. The number of nitrogens with one attached hydrogen (secondary N) is 2. The lowest BCUT2D eigenvalue weighted by molar-refractivity contribution is -0.115. The fourth-order valence-electron chi connectivity index (χ4n) is 2.50. The third kappa shape index (κ3) is 4.03. The van der Waals surface area contributed by atoms with Crippen LogP contribution in [0.3, 0.4) is 0 Å². The van der Waals surface area contributed by atoms with E-state index in [2.05, 4.69) is 23.6 Å². The highest BCUT2D eigenvalue weighted by Crippen LogP contribution is 2.39. The molecule has 0 aliphatic heterocycles. The normalized spacial score (nSPS) is 17.1. The van der Waals surface area contributed by atoms with E-state index in [0.29, 0.717) is 29.6 Å². The molecule has 1 atom stereocenters. The minimum atomic E-state index is -0.116. The zero-order valence-corrected chi connectivity index (χ0v) is 13.3. The van der Waals surface area contributed by atoms with E-state index in [1.54, 1.807) is 18.4 Å². The molecule has 2 rings (SSSR count). The Labute approximate surface area is 129 Å². The molecule has 1 aromatic heterocycles. The number of nitriles is 1. The summed E-state index contributed by atoms with van der Waals surface area (Å²) < 4.78 is 4.91. The van der Waals surface area contributed by atoms with Crippen LogP contribution in [0.5, 0.6) is 0 Å². The van der Waals surface area contributed by atoms with Gasteiger partial charge in [-0.2, -0.15) is 5.26 Å². The zero-order valence-electron chi connectivity index (χ0n) is 12.5. The summed E-state index contributed by atoms with van der Waals surface area (Å²) in [5, 5.41) is 15.9. The van der Waals surface area contributed by atoms with Crippen LogP contribution < -0.4 is 10.6 Å². The number of nitrogens with zero attached hydrogens (tertiary/aromatic N) is 1. The number of amides is 1. The molecule has 6 heteroatoms. The molecule has 0 radical (unpaired) electrons. The van der Waals surface area contributed by atoms with Crippen LogP contribution >= 0.6 is 11.3 Å². The minimum Gasteiger partial charge on any atom is -0.383 e. The van der Waals surface area contributed by atoms with Gasteiger partial charge in [0.25, 0.3) is 0 Å². The average Bonchev–Trinajstić information content (AvgIpc) is 2.79. The molecule has 0 saturated heterocycles. The molecule has 0 aromatic carbocycles. The van der Waals surface area contributed by atoms with Crippen LogP contribution in [0.1, 0.15) is 29.3 Å². The molecule has 1 aliphatic rings. The molecular weight excluding hydrogens is 286 g/mol. The quantitative estimate of drug-likeness (QED) is 0.787. The smallest absolute Gasteiger partial charge is 0.238 e. The fraction of sp³-hybridized carbons (Fsp3) is 0.600. The lowest BCUT2D eigenvalue weighted by atomic mass is 9.89. The summed E-state index contributed by atoms with van der Waals surface area (Å²) in [4.78, 5) is 13.2. The van der Waals surface area contributed by atoms with Gasteiger partial charge in [0.05, 0.1) is 18.7 Å². The van der Waals surface area contributed by atoms with Gasteiger partial charge in [0.1, 0.15) is 11.1 Å². The van der Waals surface area contributed by atoms with Crippen LogP contribution in [0.2, 0.25) is 0 Å². The highest BCUT2D eigenvalue weighted by atomic mass is 32.1. The van der Waals surface area contributed by atoms with Gasteiger partial charge >= 0.3 is 0 Å². The zero-order chi connectivity index (χ0) is 15.2. The second kappa shape index (κ2) is 7.55. The van der Waals surface area contributed by atoms with Crippen molar-refractivity contribution in [3.05, 3.63) is 16.0 Å². The van der Waals surface area contributed by atoms with Crippen molar-refractivity contribution < 1.29 is 9.53 Å². The monoisotopic (exact) mass is 307 g/mol. The molecule has 114 valence electrons. The van der Waals surface area contributed by atoms with Crippen molar-refractivity contribution in [3.63, 3.8) is 0 Å². The maximum atomic E-state index is 11.9. The summed E-state index contributed by atoms with van der Waals surface area (Å²) in [5.41, 5.74) is 1.80. The summed E-state index contributed by atoms with van der Waals surface area (Å²) >= 11 is 1.56. The van der Waals surface area contributed by atoms with Crippen LogP contribution in [-0.4, -0.2) is 32.7 Å². The standard InChI is InChI=1S/C15H21N3O2S/c1-10-3-4-11-12(8-16)15(21-13(11)7-10)18-14(19)9-17-5-6-20-2/h10,17H,3-7,9H2,1-2H3,(H,18,19). The van der Waals surface area contributed by atoms with E-state index < -0.39 is 0 Å². The number of rotatable bonds is 6. The summed E-state index contributed by atoms with van der Waals surface area (Å²) in [7, 11) is 1.62. The highest BCUT2D eigenvalue weighted by molar-refractivity contribution is 7.16. The van der Waals surface area contributed by atoms with Crippen LogP contribution in [-0.2, 0) is 22.4 Å². The Morgan fingerprint density at radius 1 is 1.57 bits per heavy atom. The predicted molar refractivity (Wildman–Crippen MR) is 83.6 cm³/mol. The van der Waals surface area contributed by atoms with Crippen molar-refractivity contribution in [1.29, 1.82) is 5.26 Å². The van der Waals surface area contributed by atoms with Crippen LogP contribution in [0.4, 0.5) is 5.00 Å². The number of carbonyl (C=O) groups excluding carboxylic acids is 1. The number of fused-ring (bicyclic) bond motifs is 1. The molecule has 1 amide bonds. The minimum absolute atomic E-state index is 0.116. The number of hydrogen-bond donors (Lipinski definition) is 2.